The topological polar surface area (TPSA) is 63.8 Å². The van der Waals surface area contributed by atoms with Gasteiger partial charge in [0, 0.05) is 12.1 Å². The van der Waals surface area contributed by atoms with E-state index in [1.807, 2.05) is 0 Å². The quantitative estimate of drug-likeness (QED) is 0.817. The lowest BCUT2D eigenvalue weighted by atomic mass is 10.1. The van der Waals surface area contributed by atoms with E-state index in [1.54, 1.807) is 0 Å². The summed E-state index contributed by atoms with van der Waals surface area (Å²) in [4.78, 5) is 7.92. The van der Waals surface area contributed by atoms with Gasteiger partial charge in [-0.15, -0.1) is 0 Å². The molecule has 1 aliphatic rings. The van der Waals surface area contributed by atoms with Crippen LogP contribution in [-0.2, 0) is 10.2 Å². The Morgan fingerprint density at radius 1 is 1.37 bits per heavy atom. The molecule has 0 unspecified atom stereocenters. The van der Waals surface area contributed by atoms with Crippen LogP contribution < -0.4 is 5.32 Å². The third-order valence-corrected chi connectivity index (χ3v) is 3.18. The normalized spacial score (nSPS) is 14.3. The van der Waals surface area contributed by atoms with E-state index in [2.05, 4.69) is 20.4 Å². The summed E-state index contributed by atoms with van der Waals surface area (Å²) in [5.74, 6) is -0.383. The third-order valence-electron chi connectivity index (χ3n) is 2.69. The fourth-order valence-electron chi connectivity index (χ4n) is 1.88. The average Bonchev–Trinajstić information content (AvgIpc) is 2.97. The maximum Gasteiger partial charge on any atom is 0.279 e. The Morgan fingerprint density at radius 2 is 2.16 bits per heavy atom. The molecule has 0 fully saturated rings. The average molecular weight is 324 g/mol. The third kappa shape index (κ3) is 2.24. The summed E-state index contributed by atoms with van der Waals surface area (Å²) in [6, 6.07) is 0. The summed E-state index contributed by atoms with van der Waals surface area (Å²) in [5, 5.41) is 6.73. The molecule has 5 nitrogen and oxygen atoms in total. The minimum absolute atomic E-state index is 0.145. The molecule has 0 bridgehead atoms. The number of nitrogens with one attached hydrogen (secondary N) is 1. The van der Waals surface area contributed by atoms with Gasteiger partial charge in [0.15, 0.2) is 0 Å². The lowest BCUT2D eigenvalue weighted by Crippen LogP contribution is -2.01. The second kappa shape index (κ2) is 4.47. The van der Waals surface area contributed by atoms with E-state index < -0.39 is 3.79 Å². The molecule has 0 amide bonds. The van der Waals surface area contributed by atoms with Crippen molar-refractivity contribution in [2.45, 2.75) is 10.2 Å². The van der Waals surface area contributed by atoms with Crippen LogP contribution in [0.25, 0.3) is 11.5 Å². The van der Waals surface area contributed by atoms with E-state index in [0.29, 0.717) is 29.9 Å². The number of hydrogen-bond donors (Lipinski definition) is 1. The SMILES string of the molecule is Fc1cnc(-c2noc(C(Cl)(Cl)Cl)n2)c2c1CCN2. The number of alkyl halides is 3. The van der Waals surface area contributed by atoms with Crippen molar-refractivity contribution in [3.05, 3.63) is 23.5 Å². The van der Waals surface area contributed by atoms with Crippen molar-refractivity contribution in [1.29, 1.82) is 0 Å². The lowest BCUT2D eigenvalue weighted by Gasteiger charge is -2.05. The number of pyridine rings is 1. The molecule has 100 valence electrons. The smallest absolute Gasteiger partial charge is 0.279 e. The van der Waals surface area contributed by atoms with Crippen LogP contribution in [0, 0.1) is 5.82 Å². The van der Waals surface area contributed by atoms with Crippen molar-refractivity contribution in [2.24, 2.45) is 0 Å². The van der Waals surface area contributed by atoms with Crippen molar-refractivity contribution >= 4 is 40.5 Å². The van der Waals surface area contributed by atoms with Gasteiger partial charge in [-0.1, -0.05) is 40.0 Å². The van der Waals surface area contributed by atoms with Crippen LogP contribution in [0.15, 0.2) is 10.7 Å². The molecule has 19 heavy (non-hydrogen) atoms. The van der Waals surface area contributed by atoms with Crippen LogP contribution in [0.4, 0.5) is 10.1 Å². The Hall–Kier alpha value is -1.11. The molecular formula is C10H6Cl3FN4O. The Labute approximate surface area is 122 Å². The zero-order chi connectivity index (χ0) is 13.6. The second-order valence-corrected chi connectivity index (χ2v) is 6.19. The standard InChI is InChI=1S/C10H6Cl3FN4O/c11-10(12,13)9-17-8(18-19-9)7-6-4(1-2-15-6)5(14)3-16-7/h3,15H,1-2H2. The monoisotopic (exact) mass is 322 g/mol. The van der Waals surface area contributed by atoms with Gasteiger partial charge in [-0.05, 0) is 6.42 Å². The van der Waals surface area contributed by atoms with Gasteiger partial charge in [-0.2, -0.15) is 4.98 Å². The predicted octanol–water partition coefficient (Wildman–Crippen LogP) is 3.07. The molecule has 0 aliphatic carbocycles. The summed E-state index contributed by atoms with van der Waals surface area (Å²) in [5.41, 5.74) is 1.47. The predicted molar refractivity (Wildman–Crippen MR) is 68.9 cm³/mol. The molecule has 0 spiro atoms. The van der Waals surface area contributed by atoms with Crippen molar-refractivity contribution in [1.82, 2.24) is 15.1 Å². The molecule has 3 rings (SSSR count). The van der Waals surface area contributed by atoms with E-state index in [4.69, 9.17) is 39.3 Å². The summed E-state index contributed by atoms with van der Waals surface area (Å²) in [6.07, 6.45) is 1.69. The van der Waals surface area contributed by atoms with Gasteiger partial charge in [0.1, 0.15) is 11.5 Å². The zero-order valence-corrected chi connectivity index (χ0v) is 11.5. The van der Waals surface area contributed by atoms with E-state index in [9.17, 15) is 4.39 Å². The molecule has 3 heterocycles. The Balaban J connectivity index is 2.09. The first-order chi connectivity index (χ1) is 8.97. The van der Waals surface area contributed by atoms with Gasteiger partial charge >= 0.3 is 0 Å². The van der Waals surface area contributed by atoms with Gasteiger partial charge in [-0.25, -0.2) is 9.37 Å². The van der Waals surface area contributed by atoms with Crippen molar-refractivity contribution < 1.29 is 8.91 Å². The molecule has 0 aromatic carbocycles. The number of nitrogens with zero attached hydrogens (tertiary/aromatic N) is 3. The molecule has 9 heteroatoms. The highest BCUT2D eigenvalue weighted by atomic mass is 35.6. The van der Waals surface area contributed by atoms with E-state index in [0.717, 1.165) is 6.20 Å². The van der Waals surface area contributed by atoms with Crippen molar-refractivity contribution in [2.75, 3.05) is 11.9 Å². The molecule has 2 aromatic rings. The number of fused-ring (bicyclic) bond motifs is 1. The van der Waals surface area contributed by atoms with Crippen LogP contribution in [-0.4, -0.2) is 21.7 Å². The summed E-state index contributed by atoms with van der Waals surface area (Å²) in [7, 11) is 0. The van der Waals surface area contributed by atoms with Crippen LogP contribution in [0.5, 0.6) is 0 Å². The van der Waals surface area contributed by atoms with E-state index >= 15 is 0 Å². The first kappa shape index (κ1) is 12.9. The Kier molecular flexibility index (Phi) is 3.03. The molecule has 0 atom stereocenters. The fraction of sp³-hybridized carbons (Fsp3) is 0.300. The van der Waals surface area contributed by atoms with Gasteiger partial charge in [-0.3, -0.25) is 0 Å². The maximum atomic E-state index is 13.6. The van der Waals surface area contributed by atoms with Crippen molar-refractivity contribution in [3.63, 3.8) is 0 Å². The lowest BCUT2D eigenvalue weighted by molar-refractivity contribution is 0.383. The van der Waals surface area contributed by atoms with Gasteiger partial charge < -0.3 is 9.84 Å². The van der Waals surface area contributed by atoms with E-state index in [1.165, 1.54) is 0 Å². The highest BCUT2D eigenvalue weighted by molar-refractivity contribution is 6.66. The zero-order valence-electron chi connectivity index (χ0n) is 9.25. The highest BCUT2D eigenvalue weighted by Crippen LogP contribution is 2.39. The van der Waals surface area contributed by atoms with Gasteiger partial charge in [0.2, 0.25) is 5.82 Å². The number of hydrogen-bond acceptors (Lipinski definition) is 5. The summed E-state index contributed by atoms with van der Waals surface area (Å²) >= 11 is 16.9. The minimum atomic E-state index is -1.80. The van der Waals surface area contributed by atoms with E-state index in [-0.39, 0.29) is 17.5 Å². The van der Waals surface area contributed by atoms with Crippen LogP contribution in [0.3, 0.4) is 0 Å². The molecule has 1 N–H and O–H groups in total. The fourth-order valence-corrected chi connectivity index (χ4v) is 2.11. The number of aromatic nitrogens is 3. The molecular weight excluding hydrogens is 317 g/mol. The van der Waals surface area contributed by atoms with Crippen LogP contribution in [0.2, 0.25) is 0 Å². The first-order valence-electron chi connectivity index (χ1n) is 5.29. The van der Waals surface area contributed by atoms with Gasteiger partial charge in [0.05, 0.1) is 11.9 Å². The molecule has 0 radical (unpaired) electrons. The molecule has 0 saturated carbocycles. The Morgan fingerprint density at radius 3 is 2.84 bits per heavy atom. The molecule has 1 aliphatic heterocycles. The first-order valence-corrected chi connectivity index (χ1v) is 6.42. The van der Waals surface area contributed by atoms with Crippen LogP contribution in [0.1, 0.15) is 11.5 Å². The molecule has 0 saturated heterocycles. The highest BCUT2D eigenvalue weighted by Gasteiger charge is 2.32. The Bertz CT molecular complexity index is 640. The summed E-state index contributed by atoms with van der Waals surface area (Å²) in [6.45, 7) is 0.625. The summed E-state index contributed by atoms with van der Waals surface area (Å²) < 4.78 is 16.6. The second-order valence-electron chi connectivity index (χ2n) is 3.91. The molecule has 2 aromatic heterocycles. The number of anilines is 1. The maximum absolute atomic E-state index is 13.6. The van der Waals surface area contributed by atoms with Crippen molar-refractivity contribution in [3.8, 4) is 11.5 Å². The number of halogens is 4. The largest absolute Gasteiger partial charge is 0.383 e. The number of rotatable bonds is 1. The van der Waals surface area contributed by atoms with Crippen LogP contribution >= 0.6 is 34.8 Å². The minimum Gasteiger partial charge on any atom is -0.383 e. The van der Waals surface area contributed by atoms with Gasteiger partial charge in [0.25, 0.3) is 9.68 Å².